The zero-order valence-electron chi connectivity index (χ0n) is 69.9. The summed E-state index contributed by atoms with van der Waals surface area (Å²) in [7, 11) is 11.1. The lowest BCUT2D eigenvalue weighted by Crippen LogP contribution is -2.18. The third-order valence-electron chi connectivity index (χ3n) is 22.0. The van der Waals surface area contributed by atoms with Crippen molar-refractivity contribution in [2.24, 2.45) is 5.41 Å². The number of carboxylic acids is 5. The molecule has 1 aliphatic rings. The van der Waals surface area contributed by atoms with Gasteiger partial charge in [-0.25, -0.2) is 8.78 Å². The lowest BCUT2D eigenvalue weighted by molar-refractivity contribution is -0.138. The summed E-state index contributed by atoms with van der Waals surface area (Å²) in [6, 6.07) is 50.3. The van der Waals surface area contributed by atoms with E-state index in [9.17, 15) is 77.2 Å². The van der Waals surface area contributed by atoms with Crippen LogP contribution < -0.4 is 41.8 Å². The minimum atomic E-state index is -1.23. The molecular weight excluding hydrogens is 1790 g/mol. The number of benzene rings is 11. The van der Waals surface area contributed by atoms with Crippen molar-refractivity contribution in [1.82, 2.24) is 22.8 Å². The largest absolute Gasteiger partial charge is 0.480 e. The van der Waals surface area contributed by atoms with Crippen LogP contribution in [-0.4, -0.2) is 121 Å². The fourth-order valence-electron chi connectivity index (χ4n) is 16.2. The minimum Gasteiger partial charge on any atom is -0.480 e. The molecule has 5 heterocycles. The Labute approximate surface area is 761 Å². The van der Waals surface area contributed by atoms with E-state index in [0.29, 0.717) is 97.3 Å². The molecule has 0 saturated heterocycles. The number of carboxylic acid groups (broad SMARTS) is 5. The van der Waals surface area contributed by atoms with E-state index in [1.54, 1.807) is 105 Å². The molecular formula is C96H79Cl7F2N8O15. The fourth-order valence-corrected chi connectivity index (χ4v) is 18.1. The van der Waals surface area contributed by atoms with Crippen LogP contribution in [0.25, 0.3) is 126 Å². The van der Waals surface area contributed by atoms with E-state index >= 15 is 0 Å². The van der Waals surface area contributed by atoms with Gasteiger partial charge in [-0.15, -0.1) is 0 Å². The van der Waals surface area contributed by atoms with Crippen LogP contribution in [0.1, 0.15) is 44.2 Å². The van der Waals surface area contributed by atoms with E-state index in [0.717, 1.165) is 81.3 Å². The van der Waals surface area contributed by atoms with Crippen LogP contribution in [-0.2, 0) is 56.7 Å². The van der Waals surface area contributed by atoms with Crippen LogP contribution in [0.3, 0.4) is 0 Å². The third-order valence-corrected chi connectivity index (χ3v) is 24.7. The number of nitrogens with zero attached hydrogens (tertiary/aromatic N) is 8. The van der Waals surface area contributed by atoms with Gasteiger partial charge in [-0.2, -0.15) is 0 Å². The van der Waals surface area contributed by atoms with Crippen molar-refractivity contribution >= 4 is 243 Å². The number of pyridine rings is 5. The number of aliphatic carboxylic acids is 5. The highest BCUT2D eigenvalue weighted by Gasteiger charge is 2.28. The lowest BCUT2D eigenvalue weighted by atomic mass is 9.75. The first-order valence-electron chi connectivity index (χ1n) is 39.5. The monoisotopic (exact) mass is 1870 g/mol. The van der Waals surface area contributed by atoms with E-state index in [1.807, 2.05) is 125 Å². The maximum atomic E-state index is 13.7. The number of anilines is 3. The highest BCUT2D eigenvalue weighted by molar-refractivity contribution is 6.46. The highest BCUT2D eigenvalue weighted by Crippen LogP contribution is 2.43. The lowest BCUT2D eigenvalue weighted by Gasteiger charge is -2.30. The van der Waals surface area contributed by atoms with Crippen LogP contribution in [0.5, 0.6) is 0 Å². The van der Waals surface area contributed by atoms with Crippen molar-refractivity contribution in [2.75, 3.05) is 57.0 Å². The summed E-state index contributed by atoms with van der Waals surface area (Å²) in [6.45, 7) is 4.71. The number of allylic oxidation sites excluding steroid dienone is 2. The van der Waals surface area contributed by atoms with E-state index < -0.39 is 53.5 Å². The number of halogens is 9. The van der Waals surface area contributed by atoms with Crippen LogP contribution in [0, 0.1) is 24.0 Å². The summed E-state index contributed by atoms with van der Waals surface area (Å²) in [6.07, 6.45) is 5.32. The summed E-state index contributed by atoms with van der Waals surface area (Å²) < 4.78 is 34.6. The molecule has 5 aromatic heterocycles. The first-order chi connectivity index (χ1) is 60.6. The van der Waals surface area contributed by atoms with Gasteiger partial charge in [0.25, 0.3) is 0 Å². The maximum Gasteiger partial charge on any atom is 0.323 e. The number of fused-ring (bicyclic) bond motifs is 10. The maximum absolute atomic E-state index is 13.7. The Hall–Kier alpha value is -12.9. The molecule has 0 aliphatic heterocycles. The third kappa shape index (κ3) is 18.5. The molecule has 128 heavy (non-hydrogen) atoms. The number of aromatic nitrogens is 5. The number of para-hydroxylation sites is 1. The van der Waals surface area contributed by atoms with Crippen molar-refractivity contribution in [3.8, 4) is 11.1 Å². The summed E-state index contributed by atoms with van der Waals surface area (Å²) in [5.41, 5.74) is 10.3. The molecule has 0 fully saturated rings. The normalized spacial score (nSPS) is 12.3. The molecule has 0 saturated carbocycles. The highest BCUT2D eigenvalue weighted by atomic mass is 35.5. The number of hydrogen-bond donors (Lipinski definition) is 5. The van der Waals surface area contributed by atoms with Gasteiger partial charge in [-0.3, -0.25) is 47.9 Å². The summed E-state index contributed by atoms with van der Waals surface area (Å²) in [5.74, 6) is -6.71. The van der Waals surface area contributed by atoms with Gasteiger partial charge in [0.15, 0.2) is 27.1 Å². The molecule has 32 heteroatoms. The standard InChI is InChI=1S/C23H21Cl2NO3.C22H15Cl2NO3.C19H20ClN3O3.C17H15ClN2O3.C15H8ClF2NO3/c1-23(2)9-3-4-14(11-23)13-5-8-18-16(10-13)22(29)15-6-7-17(24)20(25)21(15)26(18)12-19(27)28;1-12-3-2-4-13(9-12)14-5-8-18-16(10-14)22(28)15-6-7-17(23)20(24)21(15)25(18)11-19(26)27;1-21(2)11-5-6-12-15(9-11)23(10-16(24)25)18-13(19(12)26)7-8-14(17(18)20)22(3)4;1-19(2)13-8-7-11-16(15(13)18)20(9-14(21)22)12-6-4-3-5-10(12)17(11)23;16-13-10(18)4-3-9-14(13)19(6-12(20)21)11-5-7(17)1-2-8(11)15(9)22/h4-8,10H,3,9,11-12H2,1-2H3,(H,27,28);2-10H,11H2,1H3,(H,26,27);5-9H,10H2,1-4H3,(H,24,25);3-8H,9H2,1-2H3,(H,21,22);1-5H,6H2,(H,20,21). The Morgan fingerprint density at radius 3 is 1.17 bits per heavy atom. The molecule has 0 spiro atoms. The topological polar surface area (TPSA) is 306 Å². The average molecular weight is 1870 g/mol. The van der Waals surface area contributed by atoms with Gasteiger partial charge in [0.2, 0.25) is 0 Å². The second kappa shape index (κ2) is 37.6. The Balaban J connectivity index is 0.000000137. The molecule has 656 valence electrons. The minimum absolute atomic E-state index is 0.0485. The Morgan fingerprint density at radius 1 is 0.359 bits per heavy atom. The Bertz CT molecular complexity index is 7760. The van der Waals surface area contributed by atoms with Gasteiger partial charge < -0.3 is 63.1 Å². The van der Waals surface area contributed by atoms with Crippen LogP contribution in [0.2, 0.25) is 35.2 Å². The van der Waals surface area contributed by atoms with Crippen molar-refractivity contribution in [3.05, 3.63) is 297 Å². The summed E-state index contributed by atoms with van der Waals surface area (Å²) in [5, 5.41) is 51.5. The number of rotatable bonds is 15. The summed E-state index contributed by atoms with van der Waals surface area (Å²) in [4.78, 5) is 127. The molecule has 0 atom stereocenters. The van der Waals surface area contributed by atoms with Gasteiger partial charge in [-0.1, -0.05) is 155 Å². The molecule has 16 aromatic rings. The Kier molecular flexibility index (Phi) is 27.3. The van der Waals surface area contributed by atoms with E-state index in [4.69, 9.17) is 86.3 Å². The number of carbonyl (C=O) groups is 5. The molecule has 17 rings (SSSR count). The van der Waals surface area contributed by atoms with E-state index in [2.05, 4.69) is 19.9 Å². The van der Waals surface area contributed by atoms with Gasteiger partial charge in [0.1, 0.15) is 49.4 Å². The molecule has 0 bridgehead atoms. The van der Waals surface area contributed by atoms with E-state index in [-0.39, 0.29) is 100 Å². The smallest absolute Gasteiger partial charge is 0.323 e. The molecule has 11 aromatic carbocycles. The van der Waals surface area contributed by atoms with Gasteiger partial charge >= 0.3 is 29.8 Å². The molecule has 0 amide bonds. The van der Waals surface area contributed by atoms with Crippen LogP contribution in [0.4, 0.5) is 25.8 Å². The van der Waals surface area contributed by atoms with Crippen molar-refractivity contribution < 1.29 is 58.3 Å². The first kappa shape index (κ1) is 92.8. The van der Waals surface area contributed by atoms with Crippen molar-refractivity contribution in [3.63, 3.8) is 0 Å². The molecule has 0 radical (unpaired) electrons. The molecule has 0 unspecified atom stereocenters. The van der Waals surface area contributed by atoms with Crippen LogP contribution in [0.15, 0.2) is 212 Å². The summed E-state index contributed by atoms with van der Waals surface area (Å²) >= 11 is 44.0. The second-order valence-electron chi connectivity index (χ2n) is 31.9. The predicted molar refractivity (Wildman–Crippen MR) is 510 cm³/mol. The van der Waals surface area contributed by atoms with Crippen molar-refractivity contribution in [1.29, 1.82) is 0 Å². The first-order valence-corrected chi connectivity index (χ1v) is 42.1. The predicted octanol–water partition coefficient (Wildman–Crippen LogP) is 20.8. The number of hydrogen-bond acceptors (Lipinski definition) is 13. The van der Waals surface area contributed by atoms with Crippen LogP contribution >= 0.6 is 81.2 Å². The molecule has 1 aliphatic carbocycles. The molecule has 5 N–H and O–H groups in total. The molecule has 23 nitrogen and oxygen atoms in total. The quantitative estimate of drug-likeness (QED) is 0.0596. The van der Waals surface area contributed by atoms with Crippen molar-refractivity contribution in [2.45, 2.75) is 72.8 Å². The average Bonchev–Trinajstić information content (AvgIpc) is 0.760. The number of aryl methyl sites for hydroxylation is 1. The van der Waals surface area contributed by atoms with Gasteiger partial charge in [0, 0.05) is 102 Å². The SMILES string of the molecule is CC1(C)CCC=C(c2ccc3c(c2)c(=O)c2ccc(Cl)c(Cl)c2n3CC(=O)O)C1.CN(C)c1ccc2c(=O)c3ccc(N(C)C)c(Cl)c3n(CC(=O)O)c2c1.CN(C)c1ccc2c(=O)c3ccccc3n(CC(=O)O)c2c1Cl.Cc1cccc(-c2ccc3c(c2)c(=O)c2ccc(Cl)c(Cl)c2n3CC(=O)O)c1.O=C(O)Cn1c2cc(F)ccc2c(=O)c2ccc(F)c(Cl)c21. The zero-order valence-corrected chi connectivity index (χ0v) is 75.1. The van der Waals surface area contributed by atoms with Gasteiger partial charge in [-0.05, 0) is 187 Å². The second-order valence-corrected chi connectivity index (χ2v) is 34.6. The Morgan fingerprint density at radius 2 is 0.727 bits per heavy atom. The zero-order chi connectivity index (χ0) is 92.8. The van der Waals surface area contributed by atoms with Gasteiger partial charge in [0.05, 0.1) is 96.7 Å². The fraction of sp³-hybridized carbons (Fsp3) is 0.188. The van der Waals surface area contributed by atoms with E-state index in [1.165, 1.54) is 22.3 Å².